The zero-order valence-electron chi connectivity index (χ0n) is 18.3. The predicted molar refractivity (Wildman–Crippen MR) is 123 cm³/mol. The molecule has 0 bridgehead atoms. The average Bonchev–Trinajstić information content (AvgIpc) is 2.77. The number of nitrogens with zero attached hydrogens (tertiary/aromatic N) is 1. The molecule has 7 heteroatoms. The molecule has 2 fully saturated rings. The molecule has 0 aromatic heterocycles. The largest absolute Gasteiger partial charge is 0.482 e. The van der Waals surface area contributed by atoms with Crippen molar-refractivity contribution in [2.45, 2.75) is 64.0 Å². The van der Waals surface area contributed by atoms with Gasteiger partial charge in [-0.1, -0.05) is 38.0 Å². The summed E-state index contributed by atoms with van der Waals surface area (Å²) in [5.41, 5.74) is 0.310. The Hall–Kier alpha value is -2.02. The number of halogens is 1. The standard InChI is InChI=1S/C24H33FN2O3S/c1-2-3-14-31-15-8-13-26-23(28)17-27-20-11-6-7-12-21(20)30-22(24(27)29)16-18-9-4-5-10-19(18)25/h4-5,9-10,16,20-21H,2-3,6-8,11-15,17H2,1H3,(H,26,28)/b22-16+. The number of rotatable bonds is 10. The fourth-order valence-electron chi connectivity index (χ4n) is 4.06. The molecule has 0 spiro atoms. The zero-order valence-corrected chi connectivity index (χ0v) is 19.1. The van der Waals surface area contributed by atoms with Gasteiger partial charge in [0.2, 0.25) is 5.91 Å². The van der Waals surface area contributed by atoms with E-state index in [1.54, 1.807) is 23.1 Å². The van der Waals surface area contributed by atoms with Crippen LogP contribution in [-0.4, -0.2) is 53.5 Å². The van der Waals surface area contributed by atoms with Crippen LogP contribution in [0.25, 0.3) is 6.08 Å². The zero-order chi connectivity index (χ0) is 22.1. The molecular formula is C24H33FN2O3S. The number of nitrogens with one attached hydrogen (secondary N) is 1. The smallest absolute Gasteiger partial charge is 0.289 e. The van der Waals surface area contributed by atoms with Crippen LogP contribution in [0.2, 0.25) is 0 Å². The lowest BCUT2D eigenvalue weighted by Crippen LogP contribution is -2.57. The Labute approximate surface area is 188 Å². The second-order valence-electron chi connectivity index (χ2n) is 8.14. The quantitative estimate of drug-likeness (QED) is 0.426. The lowest BCUT2D eigenvalue weighted by molar-refractivity contribution is -0.151. The summed E-state index contributed by atoms with van der Waals surface area (Å²) in [4.78, 5) is 27.3. The van der Waals surface area contributed by atoms with Gasteiger partial charge in [-0.3, -0.25) is 9.59 Å². The van der Waals surface area contributed by atoms with Gasteiger partial charge in [0.1, 0.15) is 18.5 Å². The number of hydrogen-bond acceptors (Lipinski definition) is 4. The first kappa shape index (κ1) is 23.6. The molecule has 1 heterocycles. The minimum Gasteiger partial charge on any atom is -0.482 e. The van der Waals surface area contributed by atoms with Crippen molar-refractivity contribution in [3.63, 3.8) is 0 Å². The van der Waals surface area contributed by atoms with E-state index >= 15 is 0 Å². The maximum absolute atomic E-state index is 14.1. The third kappa shape index (κ3) is 6.73. The van der Waals surface area contributed by atoms with Gasteiger partial charge in [0, 0.05) is 12.1 Å². The van der Waals surface area contributed by atoms with E-state index in [9.17, 15) is 14.0 Å². The van der Waals surface area contributed by atoms with Crippen molar-refractivity contribution in [2.75, 3.05) is 24.6 Å². The Morgan fingerprint density at radius 3 is 2.84 bits per heavy atom. The van der Waals surface area contributed by atoms with E-state index in [4.69, 9.17) is 4.74 Å². The number of ether oxygens (including phenoxy) is 1. The summed E-state index contributed by atoms with van der Waals surface area (Å²) in [5.74, 6) is 1.41. The van der Waals surface area contributed by atoms with Crippen molar-refractivity contribution in [1.82, 2.24) is 10.2 Å². The van der Waals surface area contributed by atoms with Crippen molar-refractivity contribution in [3.05, 3.63) is 41.4 Å². The van der Waals surface area contributed by atoms with Crippen molar-refractivity contribution < 1.29 is 18.7 Å². The van der Waals surface area contributed by atoms with Gasteiger partial charge in [-0.05, 0) is 55.8 Å². The number of morpholine rings is 1. The summed E-state index contributed by atoms with van der Waals surface area (Å²) in [6.07, 6.45) is 8.35. The Bertz CT molecular complexity index is 786. The molecule has 31 heavy (non-hydrogen) atoms. The number of benzene rings is 1. The van der Waals surface area contributed by atoms with Gasteiger partial charge in [0.05, 0.1) is 6.04 Å². The van der Waals surface area contributed by atoms with E-state index < -0.39 is 5.82 Å². The first-order valence-electron chi connectivity index (χ1n) is 11.4. The molecule has 3 rings (SSSR count). The van der Waals surface area contributed by atoms with Crippen LogP contribution in [0.3, 0.4) is 0 Å². The Kier molecular flexibility index (Phi) is 9.25. The highest BCUT2D eigenvalue weighted by molar-refractivity contribution is 7.99. The van der Waals surface area contributed by atoms with E-state index in [-0.39, 0.29) is 36.3 Å². The Morgan fingerprint density at radius 2 is 2.03 bits per heavy atom. The highest BCUT2D eigenvalue weighted by Gasteiger charge is 2.42. The normalized spacial score (nSPS) is 22.2. The molecule has 1 aliphatic carbocycles. The number of unbranched alkanes of at least 4 members (excludes halogenated alkanes) is 1. The van der Waals surface area contributed by atoms with Crippen LogP contribution in [0, 0.1) is 5.82 Å². The van der Waals surface area contributed by atoms with E-state index in [1.807, 2.05) is 11.8 Å². The second-order valence-corrected chi connectivity index (χ2v) is 9.37. The Morgan fingerprint density at radius 1 is 1.26 bits per heavy atom. The summed E-state index contributed by atoms with van der Waals surface area (Å²) >= 11 is 1.91. The molecular weight excluding hydrogens is 415 g/mol. The van der Waals surface area contributed by atoms with E-state index in [1.165, 1.54) is 25.0 Å². The molecule has 5 nitrogen and oxygen atoms in total. The second kappa shape index (κ2) is 12.1. The van der Waals surface area contributed by atoms with E-state index in [0.717, 1.165) is 43.6 Å². The summed E-state index contributed by atoms with van der Waals surface area (Å²) in [7, 11) is 0. The molecule has 2 atom stereocenters. The molecule has 2 amide bonds. The van der Waals surface area contributed by atoms with Crippen molar-refractivity contribution in [2.24, 2.45) is 0 Å². The minimum atomic E-state index is -0.404. The van der Waals surface area contributed by atoms with Crippen LogP contribution in [0.1, 0.15) is 57.4 Å². The van der Waals surface area contributed by atoms with Crippen LogP contribution in [0.5, 0.6) is 0 Å². The van der Waals surface area contributed by atoms with Gasteiger partial charge in [-0.2, -0.15) is 11.8 Å². The number of fused-ring (bicyclic) bond motifs is 1. The molecule has 1 aromatic rings. The number of thioether (sulfide) groups is 1. The molecule has 2 unspecified atom stereocenters. The third-order valence-corrected chi connectivity index (χ3v) is 6.91. The first-order chi connectivity index (χ1) is 15.1. The van der Waals surface area contributed by atoms with Gasteiger partial charge in [0.15, 0.2) is 5.76 Å². The van der Waals surface area contributed by atoms with E-state index in [2.05, 4.69) is 12.2 Å². The first-order valence-corrected chi connectivity index (χ1v) is 12.5. The van der Waals surface area contributed by atoms with Crippen LogP contribution in [0.15, 0.2) is 30.0 Å². The number of carbonyl (C=O) groups is 2. The molecule has 170 valence electrons. The van der Waals surface area contributed by atoms with Gasteiger partial charge in [0.25, 0.3) is 5.91 Å². The number of amides is 2. The van der Waals surface area contributed by atoms with Gasteiger partial charge in [-0.15, -0.1) is 0 Å². The highest BCUT2D eigenvalue weighted by atomic mass is 32.2. The fraction of sp³-hybridized carbons (Fsp3) is 0.583. The number of carbonyl (C=O) groups excluding carboxylic acids is 2. The van der Waals surface area contributed by atoms with Crippen LogP contribution >= 0.6 is 11.8 Å². The summed E-state index contributed by atoms with van der Waals surface area (Å²) in [6, 6.07) is 6.19. The van der Waals surface area contributed by atoms with Gasteiger partial charge < -0.3 is 15.0 Å². The molecule has 1 aliphatic heterocycles. The van der Waals surface area contributed by atoms with Crippen LogP contribution < -0.4 is 5.32 Å². The highest BCUT2D eigenvalue weighted by Crippen LogP contribution is 2.33. The third-order valence-electron chi connectivity index (χ3n) is 5.75. The van der Waals surface area contributed by atoms with Crippen LogP contribution in [-0.2, 0) is 14.3 Å². The van der Waals surface area contributed by atoms with Crippen LogP contribution in [0.4, 0.5) is 4.39 Å². The van der Waals surface area contributed by atoms with Crippen molar-refractivity contribution in [3.8, 4) is 0 Å². The van der Waals surface area contributed by atoms with E-state index in [0.29, 0.717) is 12.1 Å². The lowest BCUT2D eigenvalue weighted by Gasteiger charge is -2.44. The van der Waals surface area contributed by atoms with Crippen molar-refractivity contribution in [1.29, 1.82) is 0 Å². The molecule has 1 saturated carbocycles. The minimum absolute atomic E-state index is 0.0148. The number of hydrogen-bond donors (Lipinski definition) is 1. The Balaban J connectivity index is 1.61. The topological polar surface area (TPSA) is 58.6 Å². The maximum atomic E-state index is 14.1. The monoisotopic (exact) mass is 448 g/mol. The SMILES string of the molecule is CCCCSCCCNC(=O)CN1C(=O)/C(=C\c2ccccc2F)OC2CCCCC21. The molecule has 1 saturated heterocycles. The van der Waals surface area contributed by atoms with Crippen molar-refractivity contribution >= 4 is 29.7 Å². The van der Waals surface area contributed by atoms with Gasteiger partial charge in [-0.25, -0.2) is 4.39 Å². The molecule has 1 aromatic carbocycles. The predicted octanol–water partition coefficient (Wildman–Crippen LogP) is 4.38. The molecule has 1 N–H and O–H groups in total. The summed E-state index contributed by atoms with van der Waals surface area (Å²) < 4.78 is 20.1. The lowest BCUT2D eigenvalue weighted by atomic mass is 9.89. The van der Waals surface area contributed by atoms with Gasteiger partial charge >= 0.3 is 0 Å². The summed E-state index contributed by atoms with van der Waals surface area (Å²) in [5, 5.41) is 2.94. The average molecular weight is 449 g/mol. The maximum Gasteiger partial charge on any atom is 0.289 e. The fourth-order valence-corrected chi connectivity index (χ4v) is 5.10. The summed E-state index contributed by atoms with van der Waals surface area (Å²) in [6.45, 7) is 2.81. The molecule has 2 aliphatic rings. The molecule has 0 radical (unpaired) electrons.